The minimum atomic E-state index is -0.600. The number of hydrogen-bond acceptors (Lipinski definition) is 2. The largest absolute Gasteiger partial charge is 0.379 e. The summed E-state index contributed by atoms with van der Waals surface area (Å²) in [7, 11) is 1.64. The highest BCUT2D eigenvalue weighted by molar-refractivity contribution is 6.30. The minimum Gasteiger partial charge on any atom is -0.379 e. The number of benzene rings is 1. The summed E-state index contributed by atoms with van der Waals surface area (Å²) >= 11 is 5.58. The lowest BCUT2D eigenvalue weighted by atomic mass is 9.94. The van der Waals surface area contributed by atoms with E-state index in [-0.39, 0.29) is 16.7 Å². The number of nitrogens with one attached hydrogen (secondary N) is 1. The average molecular weight is 306 g/mol. The summed E-state index contributed by atoms with van der Waals surface area (Å²) in [5, 5.41) is 2.98. The summed E-state index contributed by atoms with van der Waals surface area (Å²) in [5.41, 5.74) is 0.00965. The molecule has 0 spiro atoms. The molecule has 1 aromatic carbocycles. The van der Waals surface area contributed by atoms with E-state index in [1.807, 2.05) is 20.8 Å². The molecule has 20 heavy (non-hydrogen) atoms. The van der Waals surface area contributed by atoms with E-state index < -0.39 is 11.6 Å². The van der Waals surface area contributed by atoms with Gasteiger partial charge in [0.25, 0.3) is 0 Å². The molecule has 0 aromatic heterocycles. The first-order valence-corrected chi connectivity index (χ1v) is 7.11. The molecule has 0 saturated carbocycles. The van der Waals surface area contributed by atoms with Crippen molar-refractivity contribution in [1.29, 1.82) is 0 Å². The summed E-state index contributed by atoms with van der Waals surface area (Å²) < 4.78 is 32.9. The van der Waals surface area contributed by atoms with Crippen molar-refractivity contribution in [3.63, 3.8) is 0 Å². The lowest BCUT2D eigenvalue weighted by molar-refractivity contribution is 0.0116. The van der Waals surface area contributed by atoms with Crippen molar-refractivity contribution >= 4 is 11.6 Å². The van der Waals surface area contributed by atoms with Crippen molar-refractivity contribution in [2.75, 3.05) is 13.7 Å². The first kappa shape index (κ1) is 17.3. The third kappa shape index (κ3) is 4.69. The van der Waals surface area contributed by atoms with Gasteiger partial charge >= 0.3 is 0 Å². The van der Waals surface area contributed by atoms with E-state index >= 15 is 0 Å². The third-order valence-corrected chi connectivity index (χ3v) is 3.74. The molecule has 1 unspecified atom stereocenters. The monoisotopic (exact) mass is 305 g/mol. The van der Waals surface area contributed by atoms with Crippen LogP contribution in [0.1, 0.15) is 45.2 Å². The smallest absolute Gasteiger partial charge is 0.142 e. The predicted octanol–water partition coefficient (Wildman–Crippen LogP) is 4.47. The number of ether oxygens (including phenoxy) is 1. The van der Waals surface area contributed by atoms with Gasteiger partial charge in [-0.3, -0.25) is 0 Å². The molecule has 0 aliphatic heterocycles. The van der Waals surface area contributed by atoms with E-state index in [0.29, 0.717) is 18.5 Å². The van der Waals surface area contributed by atoms with Gasteiger partial charge in [-0.25, -0.2) is 8.78 Å². The summed E-state index contributed by atoms with van der Waals surface area (Å²) in [6.45, 7) is 6.53. The first-order chi connectivity index (χ1) is 9.30. The Morgan fingerprint density at radius 1 is 1.30 bits per heavy atom. The summed E-state index contributed by atoms with van der Waals surface area (Å²) in [6.07, 6.45) is 1.37. The van der Waals surface area contributed by atoms with Gasteiger partial charge in [-0.15, -0.1) is 0 Å². The fourth-order valence-corrected chi connectivity index (χ4v) is 2.16. The Hall–Kier alpha value is -0.710. The van der Waals surface area contributed by atoms with Crippen molar-refractivity contribution in [1.82, 2.24) is 5.32 Å². The van der Waals surface area contributed by atoms with Crippen LogP contribution in [0.15, 0.2) is 12.1 Å². The van der Waals surface area contributed by atoms with E-state index in [1.165, 1.54) is 6.07 Å². The second kappa shape index (κ2) is 7.34. The van der Waals surface area contributed by atoms with E-state index in [2.05, 4.69) is 5.32 Å². The van der Waals surface area contributed by atoms with E-state index in [1.54, 1.807) is 7.11 Å². The molecule has 0 saturated heterocycles. The van der Waals surface area contributed by atoms with Gasteiger partial charge in [0.1, 0.15) is 11.6 Å². The van der Waals surface area contributed by atoms with Gasteiger partial charge in [-0.2, -0.15) is 0 Å². The van der Waals surface area contributed by atoms with Crippen LogP contribution in [0.2, 0.25) is 5.02 Å². The summed E-state index contributed by atoms with van der Waals surface area (Å²) in [4.78, 5) is 0. The SMILES string of the molecule is CCNC(CCC(C)(C)OC)c1cc(F)c(Cl)cc1F. The van der Waals surface area contributed by atoms with Gasteiger partial charge in [0, 0.05) is 18.7 Å². The zero-order valence-corrected chi connectivity index (χ0v) is 13.2. The van der Waals surface area contributed by atoms with Gasteiger partial charge in [0.2, 0.25) is 0 Å². The Kier molecular flexibility index (Phi) is 6.37. The van der Waals surface area contributed by atoms with Crippen LogP contribution in [0.4, 0.5) is 8.78 Å². The molecule has 5 heteroatoms. The maximum Gasteiger partial charge on any atom is 0.142 e. The number of methoxy groups -OCH3 is 1. The number of rotatable bonds is 7. The van der Waals surface area contributed by atoms with Crippen LogP contribution in [-0.4, -0.2) is 19.3 Å². The maximum absolute atomic E-state index is 14.0. The zero-order chi connectivity index (χ0) is 15.3. The highest BCUT2D eigenvalue weighted by atomic mass is 35.5. The standard InChI is InChI=1S/C15H22ClF2NO/c1-5-19-14(6-7-15(2,3)20-4)10-8-13(18)11(16)9-12(10)17/h8-9,14,19H,5-7H2,1-4H3. The van der Waals surface area contributed by atoms with Crippen LogP contribution in [0.25, 0.3) is 0 Å². The maximum atomic E-state index is 14.0. The lowest BCUT2D eigenvalue weighted by Crippen LogP contribution is -2.28. The fraction of sp³-hybridized carbons (Fsp3) is 0.600. The molecular formula is C15H22ClF2NO. The van der Waals surface area contributed by atoms with Crippen molar-refractivity contribution < 1.29 is 13.5 Å². The van der Waals surface area contributed by atoms with E-state index in [4.69, 9.17) is 16.3 Å². The third-order valence-electron chi connectivity index (χ3n) is 3.45. The van der Waals surface area contributed by atoms with Crippen LogP contribution >= 0.6 is 11.6 Å². The van der Waals surface area contributed by atoms with Crippen LogP contribution in [0.3, 0.4) is 0 Å². The second-order valence-corrected chi connectivity index (χ2v) is 5.81. The normalized spacial score (nSPS) is 13.6. The highest BCUT2D eigenvalue weighted by Crippen LogP contribution is 2.29. The summed E-state index contributed by atoms with van der Waals surface area (Å²) in [6, 6.07) is 1.93. The van der Waals surface area contributed by atoms with Gasteiger partial charge in [-0.1, -0.05) is 18.5 Å². The summed E-state index contributed by atoms with van der Waals surface area (Å²) in [5.74, 6) is -1.09. The molecule has 0 bridgehead atoms. The quantitative estimate of drug-likeness (QED) is 0.750. The lowest BCUT2D eigenvalue weighted by Gasteiger charge is -2.26. The van der Waals surface area contributed by atoms with Crippen molar-refractivity contribution in [2.45, 2.75) is 45.3 Å². The van der Waals surface area contributed by atoms with Crippen LogP contribution in [0, 0.1) is 11.6 Å². The zero-order valence-electron chi connectivity index (χ0n) is 12.4. The Morgan fingerprint density at radius 3 is 2.50 bits per heavy atom. The van der Waals surface area contributed by atoms with Crippen LogP contribution in [-0.2, 0) is 4.74 Å². The Balaban J connectivity index is 2.93. The molecule has 0 aliphatic carbocycles. The van der Waals surface area contributed by atoms with Gasteiger partial charge in [0.05, 0.1) is 10.6 Å². The second-order valence-electron chi connectivity index (χ2n) is 5.40. The molecule has 0 aliphatic rings. The van der Waals surface area contributed by atoms with Gasteiger partial charge in [0.15, 0.2) is 0 Å². The Labute approximate surface area is 124 Å². The van der Waals surface area contributed by atoms with Crippen molar-refractivity contribution in [3.8, 4) is 0 Å². The van der Waals surface area contributed by atoms with E-state index in [9.17, 15) is 8.78 Å². The Bertz CT molecular complexity index is 452. The highest BCUT2D eigenvalue weighted by Gasteiger charge is 2.22. The average Bonchev–Trinajstić information content (AvgIpc) is 2.39. The molecule has 1 aromatic rings. The molecular weight excluding hydrogens is 284 g/mol. The van der Waals surface area contributed by atoms with Crippen molar-refractivity contribution in [2.24, 2.45) is 0 Å². The van der Waals surface area contributed by atoms with Gasteiger partial charge in [-0.05, 0) is 45.4 Å². The molecule has 2 nitrogen and oxygen atoms in total. The topological polar surface area (TPSA) is 21.3 Å². The van der Waals surface area contributed by atoms with E-state index in [0.717, 1.165) is 12.5 Å². The molecule has 0 radical (unpaired) electrons. The molecule has 1 rings (SSSR count). The van der Waals surface area contributed by atoms with Crippen LogP contribution < -0.4 is 5.32 Å². The molecule has 0 heterocycles. The molecule has 0 amide bonds. The van der Waals surface area contributed by atoms with Crippen molar-refractivity contribution in [3.05, 3.63) is 34.4 Å². The van der Waals surface area contributed by atoms with Gasteiger partial charge < -0.3 is 10.1 Å². The molecule has 0 fully saturated rings. The molecule has 1 N–H and O–H groups in total. The first-order valence-electron chi connectivity index (χ1n) is 6.73. The van der Waals surface area contributed by atoms with Crippen LogP contribution in [0.5, 0.6) is 0 Å². The molecule has 114 valence electrons. The number of hydrogen-bond donors (Lipinski definition) is 1. The molecule has 1 atom stereocenters. The number of halogens is 3. The Morgan fingerprint density at radius 2 is 1.95 bits per heavy atom. The predicted molar refractivity (Wildman–Crippen MR) is 78.1 cm³/mol. The minimum absolute atomic E-state index is 0.196. The fourth-order valence-electron chi connectivity index (χ4n) is 2.01.